The highest BCUT2D eigenvalue weighted by Gasteiger charge is 2.21. The normalized spacial score (nSPS) is 15.0. The molecule has 0 radical (unpaired) electrons. The number of hydrogen-bond acceptors (Lipinski definition) is 9. The topological polar surface area (TPSA) is 139 Å². The van der Waals surface area contributed by atoms with Crippen LogP contribution in [0.3, 0.4) is 0 Å². The lowest BCUT2D eigenvalue weighted by Gasteiger charge is -2.29. The number of hydrazine groups is 1. The molecule has 3 atom stereocenters. The van der Waals surface area contributed by atoms with Gasteiger partial charge in [0.1, 0.15) is 6.10 Å². The smallest absolute Gasteiger partial charge is 0.200 e. The van der Waals surface area contributed by atoms with Gasteiger partial charge in [-0.1, -0.05) is 32.9 Å². The van der Waals surface area contributed by atoms with Crippen molar-refractivity contribution in [1.82, 2.24) is 20.0 Å². The largest absolute Gasteiger partial charge is 0.411 e. The Morgan fingerprint density at radius 2 is 1.86 bits per heavy atom. The van der Waals surface area contributed by atoms with E-state index in [2.05, 4.69) is 20.6 Å². The van der Waals surface area contributed by atoms with Gasteiger partial charge in [0.2, 0.25) is 0 Å². The fourth-order valence-corrected chi connectivity index (χ4v) is 2.04. The van der Waals surface area contributed by atoms with Gasteiger partial charge in [-0.25, -0.2) is 9.99 Å². The second-order valence-corrected chi connectivity index (χ2v) is 6.00. The summed E-state index contributed by atoms with van der Waals surface area (Å²) in [6.07, 6.45) is 3.09. The standard InChI is InChI=1S/C15H30N8O2.2C2H6/c1-10(20-24)11(2)21-25-14(8-22-7-6-19-15(22)16)9-23(17)13(4)12(3)18-5;2*1-2/h6-7,11,13-14,21,24H,8-9,17H2,1-5H3,(H2,16,19);2*1-2H3/b18-12?,20-10+;;. The van der Waals surface area contributed by atoms with Crippen LogP contribution in [-0.2, 0) is 11.4 Å². The van der Waals surface area contributed by atoms with Crippen molar-refractivity contribution in [1.29, 1.82) is 0 Å². The maximum Gasteiger partial charge on any atom is 0.200 e. The number of aromatic nitrogens is 2. The quantitative estimate of drug-likeness (QED) is 0.199. The SMILES string of the molecule is CC.CC.CN=C(C)C(C)N(N)CC(Cn1ccnc1N)ONC(C)/C(C)=N/O. The van der Waals surface area contributed by atoms with E-state index in [4.69, 9.17) is 21.6 Å². The first-order valence-electron chi connectivity index (χ1n) is 10.1. The van der Waals surface area contributed by atoms with E-state index in [9.17, 15) is 0 Å². The summed E-state index contributed by atoms with van der Waals surface area (Å²) < 4.78 is 1.78. The summed E-state index contributed by atoms with van der Waals surface area (Å²) in [7, 11) is 1.74. The minimum absolute atomic E-state index is 0.0330. The van der Waals surface area contributed by atoms with Crippen molar-refractivity contribution in [2.24, 2.45) is 16.0 Å². The van der Waals surface area contributed by atoms with Crippen LogP contribution in [0.25, 0.3) is 0 Å². The Hall–Kier alpha value is -2.01. The molecule has 0 aromatic carbocycles. The van der Waals surface area contributed by atoms with Crippen molar-refractivity contribution in [3.8, 4) is 0 Å². The van der Waals surface area contributed by atoms with Crippen LogP contribution in [0.1, 0.15) is 55.4 Å². The predicted octanol–water partition coefficient (Wildman–Crippen LogP) is 2.30. The van der Waals surface area contributed by atoms with E-state index in [1.165, 1.54) is 0 Å². The van der Waals surface area contributed by atoms with Gasteiger partial charge in [-0.15, -0.1) is 0 Å². The van der Waals surface area contributed by atoms with Gasteiger partial charge >= 0.3 is 0 Å². The van der Waals surface area contributed by atoms with Gasteiger partial charge in [0, 0.05) is 31.7 Å². The van der Waals surface area contributed by atoms with Crippen molar-refractivity contribution in [2.75, 3.05) is 19.3 Å². The predicted molar refractivity (Wildman–Crippen MR) is 121 cm³/mol. The molecule has 0 spiro atoms. The third-order valence-corrected chi connectivity index (χ3v) is 4.21. The van der Waals surface area contributed by atoms with E-state index in [0.29, 0.717) is 24.7 Å². The van der Waals surface area contributed by atoms with Gasteiger partial charge in [-0.2, -0.15) is 5.48 Å². The highest BCUT2D eigenvalue weighted by molar-refractivity contribution is 5.86. The van der Waals surface area contributed by atoms with E-state index in [-0.39, 0.29) is 18.2 Å². The van der Waals surface area contributed by atoms with Crippen LogP contribution in [-0.4, -0.2) is 63.0 Å². The van der Waals surface area contributed by atoms with Crippen LogP contribution < -0.4 is 17.1 Å². The molecule has 6 N–H and O–H groups in total. The lowest BCUT2D eigenvalue weighted by molar-refractivity contribution is -0.0554. The number of oxime groups is 1. The summed E-state index contributed by atoms with van der Waals surface area (Å²) in [6.45, 7) is 16.3. The lowest BCUT2D eigenvalue weighted by atomic mass is 10.2. The Morgan fingerprint density at radius 1 is 1.28 bits per heavy atom. The van der Waals surface area contributed by atoms with E-state index >= 15 is 0 Å². The third kappa shape index (κ3) is 10.9. The molecule has 170 valence electrons. The van der Waals surface area contributed by atoms with Gasteiger partial charge < -0.3 is 15.5 Å². The number of hydroxylamine groups is 1. The van der Waals surface area contributed by atoms with Crippen molar-refractivity contribution in [3.05, 3.63) is 12.4 Å². The molecule has 1 aromatic rings. The molecule has 1 aromatic heterocycles. The first-order valence-corrected chi connectivity index (χ1v) is 10.1. The van der Waals surface area contributed by atoms with Crippen LogP contribution in [0.4, 0.5) is 5.95 Å². The number of nitrogen functional groups attached to an aromatic ring is 1. The number of nitrogens with one attached hydrogen (secondary N) is 1. The summed E-state index contributed by atoms with van der Waals surface area (Å²) in [5, 5.41) is 13.7. The molecule has 3 unspecified atom stereocenters. The zero-order chi connectivity index (χ0) is 23.0. The Balaban J connectivity index is 0. The van der Waals surface area contributed by atoms with Gasteiger partial charge in [-0.05, 0) is 27.7 Å². The highest BCUT2D eigenvalue weighted by Crippen LogP contribution is 2.07. The van der Waals surface area contributed by atoms with Gasteiger partial charge in [-0.3, -0.25) is 15.7 Å². The molecule has 10 heteroatoms. The monoisotopic (exact) mass is 414 g/mol. The maximum atomic E-state index is 8.84. The summed E-state index contributed by atoms with van der Waals surface area (Å²) in [5.74, 6) is 6.58. The molecule has 0 aliphatic heterocycles. The van der Waals surface area contributed by atoms with Crippen LogP contribution >= 0.6 is 0 Å². The number of aliphatic imine (C=N–C) groups is 1. The van der Waals surface area contributed by atoms with Crippen molar-refractivity contribution < 1.29 is 10.0 Å². The Morgan fingerprint density at radius 3 is 2.31 bits per heavy atom. The van der Waals surface area contributed by atoms with Crippen molar-refractivity contribution in [2.45, 2.75) is 80.1 Å². The molecule has 0 aliphatic carbocycles. The second kappa shape index (κ2) is 16.9. The molecule has 1 heterocycles. The number of anilines is 1. The van der Waals surface area contributed by atoms with Crippen LogP contribution in [0, 0.1) is 0 Å². The van der Waals surface area contributed by atoms with Crippen molar-refractivity contribution in [3.63, 3.8) is 0 Å². The molecule has 0 saturated carbocycles. The average Bonchev–Trinajstić information content (AvgIpc) is 3.16. The van der Waals surface area contributed by atoms with E-state index < -0.39 is 0 Å². The minimum atomic E-state index is -0.317. The highest BCUT2D eigenvalue weighted by atomic mass is 16.7. The number of hydrogen-bond donors (Lipinski definition) is 4. The fourth-order valence-electron chi connectivity index (χ4n) is 2.04. The average molecular weight is 415 g/mol. The number of nitrogens with zero attached hydrogens (tertiary/aromatic N) is 5. The molecular formula is C19H42N8O2. The third-order valence-electron chi connectivity index (χ3n) is 4.21. The Kier molecular flexibility index (Phi) is 17.0. The first-order chi connectivity index (χ1) is 13.8. The number of rotatable bonds is 10. The molecule has 0 fully saturated rings. The summed E-state index contributed by atoms with van der Waals surface area (Å²) in [5.41, 5.74) is 10.1. The Labute approximate surface area is 175 Å². The summed E-state index contributed by atoms with van der Waals surface area (Å²) in [6, 6.07) is -0.287. The van der Waals surface area contributed by atoms with E-state index in [0.717, 1.165) is 5.71 Å². The number of imidazole rings is 1. The minimum Gasteiger partial charge on any atom is -0.411 e. The summed E-state index contributed by atoms with van der Waals surface area (Å²) in [4.78, 5) is 14.0. The van der Waals surface area contributed by atoms with E-state index in [1.807, 2.05) is 48.5 Å². The van der Waals surface area contributed by atoms with Gasteiger partial charge in [0.05, 0.1) is 24.3 Å². The summed E-state index contributed by atoms with van der Waals surface area (Å²) >= 11 is 0. The zero-order valence-electron chi connectivity index (χ0n) is 19.5. The maximum absolute atomic E-state index is 8.84. The molecule has 10 nitrogen and oxygen atoms in total. The fraction of sp³-hybridized carbons (Fsp3) is 0.737. The lowest BCUT2D eigenvalue weighted by Crippen LogP contribution is -2.50. The van der Waals surface area contributed by atoms with Gasteiger partial charge in [0.15, 0.2) is 5.95 Å². The Bertz CT molecular complexity index is 589. The molecule has 0 amide bonds. The van der Waals surface area contributed by atoms with Crippen LogP contribution in [0.15, 0.2) is 22.5 Å². The molecule has 0 saturated heterocycles. The molecule has 29 heavy (non-hydrogen) atoms. The zero-order valence-corrected chi connectivity index (χ0v) is 19.5. The van der Waals surface area contributed by atoms with Crippen LogP contribution in [0.2, 0.25) is 0 Å². The van der Waals surface area contributed by atoms with Gasteiger partial charge in [0.25, 0.3) is 0 Å². The molecule has 0 aliphatic rings. The van der Waals surface area contributed by atoms with Crippen LogP contribution in [0.5, 0.6) is 0 Å². The molecule has 0 bridgehead atoms. The van der Waals surface area contributed by atoms with Crippen molar-refractivity contribution >= 4 is 17.4 Å². The second-order valence-electron chi connectivity index (χ2n) is 6.00. The molecular weight excluding hydrogens is 372 g/mol. The van der Waals surface area contributed by atoms with E-state index in [1.54, 1.807) is 35.9 Å². The number of nitrogens with two attached hydrogens (primary N) is 2. The molecule has 1 rings (SSSR count). The first kappa shape index (κ1) is 29.2.